The third-order valence-electron chi connectivity index (χ3n) is 11.6. The van der Waals surface area contributed by atoms with Crippen molar-refractivity contribution in [3.05, 3.63) is 64.7 Å². The van der Waals surface area contributed by atoms with Crippen LogP contribution < -0.4 is 4.43 Å². The lowest BCUT2D eigenvalue weighted by Crippen LogP contribution is -2.45. The molecule has 2 aromatic carbocycles. The van der Waals surface area contributed by atoms with Crippen LogP contribution in [0.3, 0.4) is 0 Å². The first-order chi connectivity index (χ1) is 18.3. The molecule has 2 saturated carbocycles. The van der Waals surface area contributed by atoms with Gasteiger partial charge in [0.05, 0.1) is 12.0 Å². The van der Waals surface area contributed by atoms with Crippen LogP contribution in [0.1, 0.15) is 87.7 Å². The molecule has 4 aliphatic rings. The zero-order valence-electron chi connectivity index (χ0n) is 24.8. The van der Waals surface area contributed by atoms with E-state index in [1.807, 2.05) is 31.2 Å². The molecule has 1 heterocycles. The van der Waals surface area contributed by atoms with Crippen molar-refractivity contribution in [2.24, 2.45) is 29.1 Å². The fraction of sp³-hybridized carbons (Fsp3) is 0.618. The van der Waals surface area contributed by atoms with E-state index in [4.69, 9.17) is 9.16 Å². The molecule has 5 heteroatoms. The van der Waals surface area contributed by atoms with E-state index in [2.05, 4.69) is 59.0 Å². The van der Waals surface area contributed by atoms with Gasteiger partial charge in [-0.05, 0) is 104 Å². The number of fused-ring (bicyclic) bond motifs is 7. The molecule has 0 spiro atoms. The number of rotatable bonds is 4. The number of aryl methyl sites for hydroxylation is 2. The molecule has 1 unspecified atom stereocenters. The van der Waals surface area contributed by atoms with E-state index in [1.54, 1.807) is 0 Å². The average Bonchev–Trinajstić information content (AvgIpc) is 3.34. The first-order valence-electron chi connectivity index (χ1n) is 15.1. The highest BCUT2D eigenvalue weighted by Gasteiger charge is 2.65. The Hall–Kier alpha value is -2.11. The monoisotopic (exact) mass is 546 g/mol. The summed E-state index contributed by atoms with van der Waals surface area (Å²) in [5.74, 6) is 2.13. The predicted molar refractivity (Wildman–Crippen MR) is 157 cm³/mol. The molecule has 1 N–H and O–H groups in total. The second kappa shape index (κ2) is 9.20. The Balaban J connectivity index is 1.24. The highest BCUT2D eigenvalue weighted by atomic mass is 28.4. The van der Waals surface area contributed by atoms with E-state index in [0.717, 1.165) is 42.6 Å². The van der Waals surface area contributed by atoms with E-state index < -0.39 is 20.3 Å². The number of hydrogen-bond acceptors (Lipinski definition) is 4. The fourth-order valence-corrected chi connectivity index (χ4v) is 9.50. The van der Waals surface area contributed by atoms with E-state index >= 15 is 0 Å². The van der Waals surface area contributed by atoms with Crippen molar-refractivity contribution >= 4 is 14.3 Å². The van der Waals surface area contributed by atoms with Gasteiger partial charge in [0.2, 0.25) is 8.32 Å². The van der Waals surface area contributed by atoms with Gasteiger partial charge in [0, 0.05) is 11.3 Å². The number of aliphatic hydroxyl groups excluding tert-OH is 1. The molecule has 0 amide bonds. The molecule has 0 radical (unpaired) electrons. The minimum atomic E-state index is -1.88. The number of carbonyl (C=O) groups excluding carboxylic acids is 1. The molecule has 39 heavy (non-hydrogen) atoms. The molecule has 3 aliphatic carbocycles. The quantitative estimate of drug-likeness (QED) is 0.315. The topological polar surface area (TPSA) is 55.8 Å². The molecule has 2 aromatic rings. The van der Waals surface area contributed by atoms with E-state index in [1.165, 1.54) is 17.5 Å². The summed E-state index contributed by atoms with van der Waals surface area (Å²) in [5, 5.41) is 11.6. The van der Waals surface area contributed by atoms with Gasteiger partial charge < -0.3 is 14.3 Å². The highest BCUT2D eigenvalue weighted by Crippen LogP contribution is 2.66. The van der Waals surface area contributed by atoms with Crippen LogP contribution in [0.2, 0.25) is 18.1 Å². The van der Waals surface area contributed by atoms with Crippen molar-refractivity contribution in [3.8, 4) is 5.75 Å². The third kappa shape index (κ3) is 4.30. The summed E-state index contributed by atoms with van der Waals surface area (Å²) in [4.78, 5) is 13.2. The summed E-state index contributed by atoms with van der Waals surface area (Å²) in [6.45, 7) is 15.9. The number of ether oxygens (including phenoxy) is 1. The number of esters is 1. The Morgan fingerprint density at radius 1 is 1.10 bits per heavy atom. The number of carbonyl (C=O) groups is 1. The molecular weight excluding hydrogens is 500 g/mol. The first-order valence-corrected chi connectivity index (χ1v) is 18.0. The van der Waals surface area contributed by atoms with Gasteiger partial charge in [-0.2, -0.15) is 0 Å². The maximum Gasteiger partial charge on any atom is 0.312 e. The molecular formula is C34H46O4Si. The van der Waals surface area contributed by atoms with Gasteiger partial charge >= 0.3 is 5.97 Å². The van der Waals surface area contributed by atoms with Crippen LogP contribution in [0, 0.1) is 36.0 Å². The molecule has 1 aliphatic heterocycles. The van der Waals surface area contributed by atoms with Gasteiger partial charge in [0.25, 0.3) is 0 Å². The van der Waals surface area contributed by atoms with Crippen molar-refractivity contribution in [2.45, 2.75) is 103 Å². The molecule has 0 bridgehead atoms. The van der Waals surface area contributed by atoms with Gasteiger partial charge in [-0.1, -0.05) is 63.6 Å². The normalized spacial score (nSPS) is 34.4. The van der Waals surface area contributed by atoms with Gasteiger partial charge in [0.15, 0.2) is 0 Å². The predicted octanol–water partition coefficient (Wildman–Crippen LogP) is 7.74. The Bertz CT molecular complexity index is 1280. The van der Waals surface area contributed by atoms with Gasteiger partial charge in [0.1, 0.15) is 11.9 Å². The largest absolute Gasteiger partial charge is 0.543 e. The summed E-state index contributed by atoms with van der Waals surface area (Å²) in [6.07, 6.45) is 4.56. The summed E-state index contributed by atoms with van der Waals surface area (Å²) >= 11 is 0. The van der Waals surface area contributed by atoms with Crippen LogP contribution in [0.5, 0.6) is 5.75 Å². The molecule has 1 saturated heterocycles. The van der Waals surface area contributed by atoms with Crippen LogP contribution in [0.4, 0.5) is 0 Å². The lowest BCUT2D eigenvalue weighted by Gasteiger charge is -2.50. The minimum Gasteiger partial charge on any atom is -0.543 e. The first kappa shape index (κ1) is 27.1. The summed E-state index contributed by atoms with van der Waals surface area (Å²) in [6, 6.07) is 14.9. The number of aliphatic hydroxyl groups is 1. The van der Waals surface area contributed by atoms with Gasteiger partial charge in [-0.3, -0.25) is 4.79 Å². The highest BCUT2D eigenvalue weighted by molar-refractivity contribution is 6.74. The Labute approximate surface area is 235 Å². The van der Waals surface area contributed by atoms with Crippen LogP contribution in [-0.2, 0) is 16.0 Å². The maximum atomic E-state index is 13.2. The van der Waals surface area contributed by atoms with Crippen LogP contribution >= 0.6 is 0 Å². The zero-order valence-corrected chi connectivity index (χ0v) is 25.8. The van der Waals surface area contributed by atoms with Crippen molar-refractivity contribution in [3.63, 3.8) is 0 Å². The molecule has 3 fully saturated rings. The maximum absolute atomic E-state index is 13.2. The number of hydrogen-bond donors (Lipinski definition) is 1. The zero-order chi connectivity index (χ0) is 27.9. The molecule has 6 rings (SSSR count). The average molecular weight is 547 g/mol. The number of benzene rings is 2. The Kier molecular flexibility index (Phi) is 6.39. The smallest absolute Gasteiger partial charge is 0.312 e. The second-order valence-electron chi connectivity index (χ2n) is 14.8. The van der Waals surface area contributed by atoms with E-state index in [0.29, 0.717) is 17.8 Å². The van der Waals surface area contributed by atoms with Crippen molar-refractivity contribution in [1.29, 1.82) is 0 Å². The summed E-state index contributed by atoms with van der Waals surface area (Å²) in [5.41, 5.74) is 4.90. The lowest BCUT2D eigenvalue weighted by atomic mass is 9.55. The van der Waals surface area contributed by atoms with Crippen molar-refractivity contribution < 1.29 is 19.1 Å². The van der Waals surface area contributed by atoms with Crippen molar-refractivity contribution in [2.75, 3.05) is 0 Å². The third-order valence-corrected chi connectivity index (χ3v) is 15.9. The van der Waals surface area contributed by atoms with Crippen LogP contribution in [-0.4, -0.2) is 25.5 Å². The SMILES string of the molecule is Cc1cccc(C(O)[C@H]2C(=O)O[C@H]3[C@@H]2C[C@H]2[C@@H]4CCc5cc(O[Si](C)(C)C(C)(C)C)ccc5[C@H]4CC[C@@]23C)c1. The molecule has 0 aromatic heterocycles. The Morgan fingerprint density at radius 2 is 1.87 bits per heavy atom. The van der Waals surface area contributed by atoms with E-state index in [-0.39, 0.29) is 28.4 Å². The molecule has 210 valence electrons. The van der Waals surface area contributed by atoms with E-state index in [9.17, 15) is 9.90 Å². The fourth-order valence-electron chi connectivity index (χ4n) is 8.48. The summed E-state index contributed by atoms with van der Waals surface area (Å²) < 4.78 is 12.8. The van der Waals surface area contributed by atoms with Crippen LogP contribution in [0.25, 0.3) is 0 Å². The molecule has 8 atom stereocenters. The minimum absolute atomic E-state index is 0.00848. The lowest BCUT2D eigenvalue weighted by molar-refractivity contribution is -0.153. The van der Waals surface area contributed by atoms with Crippen LogP contribution in [0.15, 0.2) is 42.5 Å². The van der Waals surface area contributed by atoms with Gasteiger partial charge in [-0.25, -0.2) is 0 Å². The second-order valence-corrected chi connectivity index (χ2v) is 19.5. The molecule has 4 nitrogen and oxygen atoms in total. The summed E-state index contributed by atoms with van der Waals surface area (Å²) in [7, 11) is -1.88. The van der Waals surface area contributed by atoms with Gasteiger partial charge in [-0.15, -0.1) is 0 Å². The Morgan fingerprint density at radius 3 is 2.59 bits per heavy atom. The van der Waals surface area contributed by atoms with Crippen molar-refractivity contribution in [1.82, 2.24) is 0 Å². The standard InChI is InChI=1S/C34H46O4Si/c1-20-9-8-10-22(17-20)30(35)29-27-19-28-26-13-11-21-18-23(38-39(6,7)33(2,3)4)12-14-24(21)25(26)15-16-34(28,5)31(27)37-32(29)36/h8-10,12,14,17-18,25-31,35H,11,13,15-16,19H2,1-7H3/t25-,26-,27-,28+,29+,30?,31+,34+/m1/s1.